The van der Waals surface area contributed by atoms with Crippen molar-refractivity contribution in [2.75, 3.05) is 13.6 Å². The van der Waals surface area contributed by atoms with Crippen LogP contribution in [0.1, 0.15) is 22.2 Å². The number of benzene rings is 1. The Kier molecular flexibility index (Phi) is 5.52. The highest BCUT2D eigenvalue weighted by Crippen LogP contribution is 2.21. The van der Waals surface area contributed by atoms with Crippen LogP contribution in [0.3, 0.4) is 0 Å². The number of halogens is 1. The van der Waals surface area contributed by atoms with Gasteiger partial charge in [0, 0.05) is 39.3 Å². The molecule has 0 aliphatic carbocycles. The smallest absolute Gasteiger partial charge is 0.166 e. The van der Waals surface area contributed by atoms with Crippen LogP contribution in [0.5, 0.6) is 0 Å². The van der Waals surface area contributed by atoms with Crippen LogP contribution in [0.4, 0.5) is 0 Å². The Hall–Kier alpha value is -0.970. The van der Waals surface area contributed by atoms with E-state index in [2.05, 4.69) is 39.3 Å². The van der Waals surface area contributed by atoms with Crippen LogP contribution in [-0.2, 0) is 6.54 Å². The van der Waals surface area contributed by atoms with Crippen molar-refractivity contribution in [1.82, 2.24) is 4.90 Å². The van der Waals surface area contributed by atoms with E-state index in [-0.39, 0.29) is 11.7 Å². The zero-order valence-corrected chi connectivity index (χ0v) is 14.1. The summed E-state index contributed by atoms with van der Waals surface area (Å²) >= 11 is 5.20. The van der Waals surface area contributed by atoms with Crippen molar-refractivity contribution >= 4 is 33.0 Å². The molecule has 2 aromatic rings. The number of rotatable bonds is 6. The average Bonchev–Trinajstić information content (AvgIpc) is 2.84. The van der Waals surface area contributed by atoms with E-state index < -0.39 is 0 Å². The molecule has 0 amide bonds. The first-order valence-corrected chi connectivity index (χ1v) is 8.24. The number of Topliss-reactive ketones (excluding diaryl/α,β-unsaturated/α-hetero) is 1. The molecule has 0 spiro atoms. The van der Waals surface area contributed by atoms with Gasteiger partial charge in [0.05, 0.1) is 0 Å². The summed E-state index contributed by atoms with van der Waals surface area (Å²) in [5, 5.41) is 2.09. The Bertz CT molecular complexity index is 567. The predicted octanol–water partition coefficient (Wildman–Crippen LogP) is 4.46. The second kappa shape index (κ2) is 7.16. The lowest BCUT2D eigenvalue weighted by molar-refractivity contribution is 0.0901. The fourth-order valence-corrected chi connectivity index (χ4v) is 3.73. The van der Waals surface area contributed by atoms with Gasteiger partial charge in [0.25, 0.3) is 0 Å². The molecular weight excluding hydrogens is 334 g/mol. The molecule has 0 aliphatic rings. The minimum absolute atomic E-state index is 0.00537. The fourth-order valence-electron chi connectivity index (χ4n) is 2.20. The number of hydrogen-bond donors (Lipinski definition) is 0. The number of carbonyl (C=O) groups excluding carboxylic acids is 1. The number of ketones is 1. The van der Waals surface area contributed by atoms with Crippen molar-refractivity contribution in [1.29, 1.82) is 0 Å². The lowest BCUT2D eigenvalue weighted by Crippen LogP contribution is -2.28. The van der Waals surface area contributed by atoms with Crippen LogP contribution in [0.25, 0.3) is 0 Å². The molecule has 0 aliphatic heterocycles. The van der Waals surface area contributed by atoms with E-state index in [1.807, 2.05) is 37.3 Å². The van der Waals surface area contributed by atoms with Gasteiger partial charge in [-0.2, -0.15) is 0 Å². The lowest BCUT2D eigenvalue weighted by Gasteiger charge is -2.20. The first-order chi connectivity index (χ1) is 9.56. The highest BCUT2D eigenvalue weighted by Gasteiger charge is 2.17. The minimum Gasteiger partial charge on any atom is -0.301 e. The SMILES string of the molecule is CC(CN(C)Cc1cc(Br)cs1)C(=O)c1ccccc1. The summed E-state index contributed by atoms with van der Waals surface area (Å²) < 4.78 is 1.12. The van der Waals surface area contributed by atoms with Gasteiger partial charge in [-0.1, -0.05) is 37.3 Å². The maximum Gasteiger partial charge on any atom is 0.166 e. The average molecular weight is 352 g/mol. The summed E-state index contributed by atoms with van der Waals surface area (Å²) in [5.74, 6) is 0.218. The molecule has 0 bridgehead atoms. The van der Waals surface area contributed by atoms with E-state index in [1.165, 1.54) is 4.88 Å². The molecule has 20 heavy (non-hydrogen) atoms. The van der Waals surface area contributed by atoms with Gasteiger partial charge < -0.3 is 4.90 Å². The molecule has 1 aromatic carbocycles. The van der Waals surface area contributed by atoms with Crippen molar-refractivity contribution in [3.05, 3.63) is 56.7 Å². The highest BCUT2D eigenvalue weighted by atomic mass is 79.9. The Morgan fingerprint density at radius 2 is 2.05 bits per heavy atom. The molecule has 2 nitrogen and oxygen atoms in total. The Balaban J connectivity index is 1.90. The summed E-state index contributed by atoms with van der Waals surface area (Å²) in [4.78, 5) is 15.8. The molecule has 1 atom stereocenters. The molecule has 1 aromatic heterocycles. The van der Waals surface area contributed by atoms with Gasteiger partial charge in [0.15, 0.2) is 5.78 Å². The van der Waals surface area contributed by atoms with Crippen LogP contribution in [0, 0.1) is 5.92 Å². The largest absolute Gasteiger partial charge is 0.301 e. The number of nitrogens with zero attached hydrogens (tertiary/aromatic N) is 1. The highest BCUT2D eigenvalue weighted by molar-refractivity contribution is 9.10. The molecule has 0 fully saturated rings. The van der Waals surface area contributed by atoms with E-state index in [1.54, 1.807) is 11.3 Å². The standard InChI is InChI=1S/C16H18BrNOS/c1-12(16(19)13-6-4-3-5-7-13)9-18(2)10-15-8-14(17)11-20-15/h3-8,11-12H,9-10H2,1-2H3. The second-order valence-corrected chi connectivity index (χ2v) is 6.97. The topological polar surface area (TPSA) is 20.3 Å². The number of hydrogen-bond acceptors (Lipinski definition) is 3. The molecular formula is C16H18BrNOS. The molecule has 1 unspecified atom stereocenters. The summed E-state index contributed by atoms with van der Waals surface area (Å²) in [6, 6.07) is 11.6. The van der Waals surface area contributed by atoms with Gasteiger partial charge in [-0.15, -0.1) is 11.3 Å². The molecule has 4 heteroatoms. The van der Waals surface area contributed by atoms with Crippen molar-refractivity contribution in [3.8, 4) is 0 Å². The van der Waals surface area contributed by atoms with Crippen LogP contribution >= 0.6 is 27.3 Å². The second-order valence-electron chi connectivity index (χ2n) is 5.06. The van der Waals surface area contributed by atoms with Crippen molar-refractivity contribution in [3.63, 3.8) is 0 Å². The minimum atomic E-state index is 0.00537. The van der Waals surface area contributed by atoms with Gasteiger partial charge in [-0.05, 0) is 29.0 Å². The third kappa shape index (κ3) is 4.27. The Morgan fingerprint density at radius 3 is 2.65 bits per heavy atom. The summed E-state index contributed by atoms with van der Waals surface area (Å²) in [7, 11) is 2.06. The van der Waals surface area contributed by atoms with Gasteiger partial charge in [0.1, 0.15) is 0 Å². The molecule has 0 saturated carbocycles. The van der Waals surface area contributed by atoms with E-state index in [4.69, 9.17) is 0 Å². The summed E-state index contributed by atoms with van der Waals surface area (Å²) in [6.45, 7) is 3.64. The summed E-state index contributed by atoms with van der Waals surface area (Å²) in [6.07, 6.45) is 0. The van der Waals surface area contributed by atoms with Crippen LogP contribution in [0.2, 0.25) is 0 Å². The monoisotopic (exact) mass is 351 g/mol. The fraction of sp³-hybridized carbons (Fsp3) is 0.312. The van der Waals surface area contributed by atoms with Crippen LogP contribution in [0.15, 0.2) is 46.3 Å². The predicted molar refractivity (Wildman–Crippen MR) is 88.3 cm³/mol. The maximum absolute atomic E-state index is 12.3. The van der Waals surface area contributed by atoms with Crippen LogP contribution < -0.4 is 0 Å². The van der Waals surface area contributed by atoms with Gasteiger partial charge in [-0.25, -0.2) is 0 Å². The molecule has 2 rings (SSSR count). The van der Waals surface area contributed by atoms with Crippen LogP contribution in [-0.4, -0.2) is 24.3 Å². The van der Waals surface area contributed by atoms with Gasteiger partial charge >= 0.3 is 0 Å². The Labute approximate surface area is 132 Å². The zero-order valence-electron chi connectivity index (χ0n) is 11.7. The first-order valence-electron chi connectivity index (χ1n) is 6.57. The van der Waals surface area contributed by atoms with Crippen molar-refractivity contribution in [2.45, 2.75) is 13.5 Å². The molecule has 0 radical (unpaired) electrons. The zero-order chi connectivity index (χ0) is 14.5. The Morgan fingerprint density at radius 1 is 1.35 bits per heavy atom. The van der Waals surface area contributed by atoms with Crippen molar-refractivity contribution in [2.24, 2.45) is 5.92 Å². The normalized spacial score (nSPS) is 12.6. The van der Waals surface area contributed by atoms with E-state index in [9.17, 15) is 4.79 Å². The maximum atomic E-state index is 12.3. The van der Waals surface area contributed by atoms with Gasteiger partial charge in [-0.3, -0.25) is 4.79 Å². The molecule has 0 saturated heterocycles. The third-order valence-corrected chi connectivity index (χ3v) is 4.82. The van der Waals surface area contributed by atoms with E-state index in [0.717, 1.165) is 23.1 Å². The van der Waals surface area contributed by atoms with Crippen molar-refractivity contribution < 1.29 is 4.79 Å². The molecule has 106 valence electrons. The number of carbonyl (C=O) groups is 1. The number of thiophene rings is 1. The molecule has 0 N–H and O–H groups in total. The van der Waals surface area contributed by atoms with E-state index in [0.29, 0.717) is 0 Å². The first kappa shape index (κ1) is 15.4. The van der Waals surface area contributed by atoms with Gasteiger partial charge in [0.2, 0.25) is 0 Å². The quantitative estimate of drug-likeness (QED) is 0.716. The molecule has 1 heterocycles. The third-order valence-electron chi connectivity index (χ3n) is 3.14. The lowest BCUT2D eigenvalue weighted by atomic mass is 9.99. The summed E-state index contributed by atoms with van der Waals surface area (Å²) in [5.41, 5.74) is 0.798. The van der Waals surface area contributed by atoms with E-state index >= 15 is 0 Å².